The summed E-state index contributed by atoms with van der Waals surface area (Å²) in [5, 5.41) is 3.28. The Labute approximate surface area is 114 Å². The molecule has 1 aliphatic heterocycles. The molecule has 1 fully saturated rings. The minimum Gasteiger partial charge on any atom is -0.463 e. The van der Waals surface area contributed by atoms with Crippen LogP contribution in [-0.4, -0.2) is 37.2 Å². The van der Waals surface area contributed by atoms with E-state index < -0.39 is 17.5 Å². The fourth-order valence-electron chi connectivity index (χ4n) is 2.22. The molecule has 0 atom stereocenters. The van der Waals surface area contributed by atoms with Crippen molar-refractivity contribution in [3.63, 3.8) is 0 Å². The third-order valence-corrected chi connectivity index (χ3v) is 3.33. The smallest absolute Gasteiger partial charge is 0.331 e. The van der Waals surface area contributed by atoms with Crippen LogP contribution in [-0.2, 0) is 19.1 Å². The van der Waals surface area contributed by atoms with E-state index in [2.05, 4.69) is 5.32 Å². The molecule has 1 heterocycles. The fraction of sp³-hybridized carbons (Fsp3) is 0.714. The van der Waals surface area contributed by atoms with E-state index in [1.54, 1.807) is 6.92 Å². The third kappa shape index (κ3) is 5.42. The first kappa shape index (κ1) is 15.7. The summed E-state index contributed by atoms with van der Waals surface area (Å²) in [5.41, 5.74) is -0.516. The molecule has 0 amide bonds. The molecule has 19 heavy (non-hydrogen) atoms. The van der Waals surface area contributed by atoms with Crippen molar-refractivity contribution >= 4 is 11.9 Å². The quantitative estimate of drug-likeness (QED) is 0.604. The van der Waals surface area contributed by atoms with Gasteiger partial charge < -0.3 is 14.8 Å². The summed E-state index contributed by atoms with van der Waals surface area (Å²) in [7, 11) is 0. The van der Waals surface area contributed by atoms with Gasteiger partial charge in [-0.1, -0.05) is 0 Å². The first-order valence-electron chi connectivity index (χ1n) is 6.74. The van der Waals surface area contributed by atoms with E-state index in [-0.39, 0.29) is 0 Å². The van der Waals surface area contributed by atoms with Gasteiger partial charge in [-0.25, -0.2) is 9.59 Å². The van der Waals surface area contributed by atoms with Crippen LogP contribution in [0.4, 0.5) is 0 Å². The minimum absolute atomic E-state index is 0.290. The Morgan fingerprint density at radius 3 is 2.37 bits per heavy atom. The van der Waals surface area contributed by atoms with E-state index in [9.17, 15) is 9.59 Å². The van der Waals surface area contributed by atoms with Gasteiger partial charge in [0.15, 0.2) is 0 Å². The van der Waals surface area contributed by atoms with Crippen molar-refractivity contribution < 1.29 is 19.1 Å². The van der Waals surface area contributed by atoms with Gasteiger partial charge in [-0.3, -0.25) is 0 Å². The Hall–Kier alpha value is -1.36. The van der Waals surface area contributed by atoms with Crippen LogP contribution in [0.25, 0.3) is 0 Å². The first-order valence-corrected chi connectivity index (χ1v) is 6.74. The topological polar surface area (TPSA) is 64.6 Å². The molecular formula is C14H23NO4. The summed E-state index contributed by atoms with van der Waals surface area (Å²) >= 11 is 0. The Balaban J connectivity index is 2.47. The van der Waals surface area contributed by atoms with E-state index in [0.717, 1.165) is 38.1 Å². The zero-order valence-electron chi connectivity index (χ0n) is 11.9. The number of hydrogen-bond donors (Lipinski definition) is 1. The Bertz CT molecular complexity index is 343. The number of nitrogens with one attached hydrogen (secondary N) is 1. The van der Waals surface area contributed by atoms with E-state index in [0.29, 0.717) is 12.5 Å². The molecule has 0 radical (unpaired) electrons. The lowest BCUT2D eigenvalue weighted by molar-refractivity contribution is -0.156. The Morgan fingerprint density at radius 1 is 1.21 bits per heavy atom. The molecule has 0 aromatic rings. The molecule has 0 unspecified atom stereocenters. The van der Waals surface area contributed by atoms with Gasteiger partial charge in [-0.2, -0.15) is 0 Å². The number of ether oxygens (including phenoxy) is 2. The lowest BCUT2D eigenvalue weighted by atomic mass is 9.83. The highest BCUT2D eigenvalue weighted by Crippen LogP contribution is 2.29. The molecule has 108 valence electrons. The first-order chi connectivity index (χ1) is 8.95. The highest BCUT2D eigenvalue weighted by molar-refractivity contribution is 5.91. The molecule has 0 aromatic carbocycles. The maximum absolute atomic E-state index is 11.7. The van der Waals surface area contributed by atoms with E-state index >= 15 is 0 Å². The second kappa shape index (κ2) is 7.28. The molecule has 0 spiro atoms. The number of rotatable bonds is 5. The van der Waals surface area contributed by atoms with Crippen LogP contribution in [0.15, 0.2) is 12.2 Å². The number of hydrogen-bond acceptors (Lipinski definition) is 5. The van der Waals surface area contributed by atoms with Gasteiger partial charge in [0.05, 0.1) is 6.61 Å². The number of esters is 2. The number of carbonyl (C=O) groups excluding carboxylic acids is 2. The molecule has 0 aliphatic carbocycles. The van der Waals surface area contributed by atoms with Crippen molar-refractivity contribution in [2.24, 2.45) is 5.92 Å². The highest BCUT2D eigenvalue weighted by Gasteiger charge is 2.33. The second-order valence-corrected chi connectivity index (χ2v) is 5.13. The molecule has 1 N–H and O–H groups in total. The van der Waals surface area contributed by atoms with Crippen molar-refractivity contribution in [2.75, 3.05) is 19.7 Å². The summed E-state index contributed by atoms with van der Waals surface area (Å²) in [6.45, 7) is 7.73. The maximum atomic E-state index is 11.7. The molecule has 0 aromatic heterocycles. The molecule has 5 heteroatoms. The lowest BCUT2D eigenvalue weighted by Crippen LogP contribution is -2.42. The number of piperidine rings is 1. The molecule has 0 saturated carbocycles. The monoisotopic (exact) mass is 269 g/mol. The zero-order valence-corrected chi connectivity index (χ0v) is 11.9. The summed E-state index contributed by atoms with van der Waals surface area (Å²) in [6, 6.07) is 0. The van der Waals surface area contributed by atoms with Gasteiger partial charge in [0.25, 0.3) is 0 Å². The number of carbonyl (C=O) groups is 2. The van der Waals surface area contributed by atoms with Gasteiger partial charge in [0.2, 0.25) is 0 Å². The van der Waals surface area contributed by atoms with Crippen LogP contribution >= 0.6 is 0 Å². The third-order valence-electron chi connectivity index (χ3n) is 3.33. The van der Waals surface area contributed by atoms with Crippen LogP contribution in [0.1, 0.15) is 33.6 Å². The van der Waals surface area contributed by atoms with Gasteiger partial charge in [-0.15, -0.1) is 0 Å². The predicted molar refractivity (Wildman–Crippen MR) is 71.5 cm³/mol. The minimum atomic E-state index is -0.529. The van der Waals surface area contributed by atoms with Crippen LogP contribution in [0.5, 0.6) is 0 Å². The average Bonchev–Trinajstić information content (AvgIpc) is 2.37. The van der Waals surface area contributed by atoms with Gasteiger partial charge in [0.1, 0.15) is 5.60 Å². The standard InChI is InChI=1S/C14H23NO4/c1-4-18-12(16)5-6-13(17)19-14(2,3)11-7-9-15-10-8-11/h5-6,11,15H,4,7-10H2,1-3H3/b6-5-. The lowest BCUT2D eigenvalue weighted by Gasteiger charge is -2.36. The molecule has 5 nitrogen and oxygen atoms in total. The van der Waals surface area contributed by atoms with Crippen LogP contribution in [0, 0.1) is 5.92 Å². The molecule has 0 bridgehead atoms. The van der Waals surface area contributed by atoms with Crippen molar-refractivity contribution in [3.8, 4) is 0 Å². The van der Waals surface area contributed by atoms with Crippen LogP contribution in [0.3, 0.4) is 0 Å². The van der Waals surface area contributed by atoms with Gasteiger partial charge in [0, 0.05) is 18.1 Å². The maximum Gasteiger partial charge on any atom is 0.331 e. The largest absolute Gasteiger partial charge is 0.463 e. The van der Waals surface area contributed by atoms with Crippen molar-refractivity contribution in [2.45, 2.75) is 39.2 Å². The van der Waals surface area contributed by atoms with Gasteiger partial charge in [-0.05, 0) is 46.7 Å². The average molecular weight is 269 g/mol. The van der Waals surface area contributed by atoms with Crippen LogP contribution in [0.2, 0.25) is 0 Å². The van der Waals surface area contributed by atoms with E-state index in [4.69, 9.17) is 9.47 Å². The summed E-state index contributed by atoms with van der Waals surface area (Å²) in [5.74, 6) is -0.690. The predicted octanol–water partition coefficient (Wildman–Crippen LogP) is 1.43. The van der Waals surface area contributed by atoms with Crippen molar-refractivity contribution in [1.82, 2.24) is 5.32 Å². The zero-order chi connectivity index (χ0) is 14.3. The van der Waals surface area contributed by atoms with E-state index in [1.807, 2.05) is 13.8 Å². The second-order valence-electron chi connectivity index (χ2n) is 5.13. The summed E-state index contributed by atoms with van der Waals surface area (Å²) < 4.78 is 10.1. The molecule has 1 aliphatic rings. The molecule has 1 rings (SSSR count). The van der Waals surface area contributed by atoms with Crippen molar-refractivity contribution in [1.29, 1.82) is 0 Å². The SMILES string of the molecule is CCOC(=O)/C=C\C(=O)OC(C)(C)C1CCNCC1. The summed E-state index contributed by atoms with van der Waals surface area (Å²) in [4.78, 5) is 22.8. The molecular weight excluding hydrogens is 246 g/mol. The Morgan fingerprint density at radius 2 is 1.79 bits per heavy atom. The normalized spacial score (nSPS) is 17.4. The fourth-order valence-corrected chi connectivity index (χ4v) is 2.22. The molecule has 1 saturated heterocycles. The Kier molecular flexibility index (Phi) is 6.02. The summed E-state index contributed by atoms with van der Waals surface area (Å²) in [6.07, 6.45) is 4.20. The van der Waals surface area contributed by atoms with Gasteiger partial charge >= 0.3 is 11.9 Å². The van der Waals surface area contributed by atoms with E-state index in [1.165, 1.54) is 0 Å². The van der Waals surface area contributed by atoms with Crippen LogP contribution < -0.4 is 5.32 Å². The highest BCUT2D eigenvalue weighted by atomic mass is 16.6. The van der Waals surface area contributed by atoms with Crippen molar-refractivity contribution in [3.05, 3.63) is 12.2 Å².